The van der Waals surface area contributed by atoms with Gasteiger partial charge >= 0.3 is 0 Å². The highest BCUT2D eigenvalue weighted by Gasteiger charge is 2.75. The molecule has 5 rings (SSSR count). The number of nitrogens with zero attached hydrogens (tertiary/aromatic N) is 1. The molecule has 2 aromatic carbocycles. The fourth-order valence-electron chi connectivity index (χ4n) is 3.91. The molecule has 6 nitrogen and oxygen atoms in total. The first-order chi connectivity index (χ1) is 13.9. The Morgan fingerprint density at radius 2 is 1.83 bits per heavy atom. The van der Waals surface area contributed by atoms with Gasteiger partial charge in [-0.05, 0) is 55.0 Å². The number of nitrogens with one attached hydrogen (secondary N) is 1. The average molecular weight is 451 g/mol. The molecule has 1 aliphatic carbocycles. The van der Waals surface area contributed by atoms with Gasteiger partial charge in [0.1, 0.15) is 11.9 Å². The quantitative estimate of drug-likeness (QED) is 0.755. The van der Waals surface area contributed by atoms with E-state index < -0.39 is 20.7 Å². The van der Waals surface area contributed by atoms with E-state index >= 15 is 0 Å². The summed E-state index contributed by atoms with van der Waals surface area (Å²) < 4.78 is 32.1. The number of amides is 1. The minimum absolute atomic E-state index is 0.207. The highest BCUT2D eigenvalue weighted by atomic mass is 35.5. The maximum Gasteiger partial charge on any atom is 0.250 e. The van der Waals surface area contributed by atoms with Crippen LogP contribution in [0.2, 0.25) is 5.02 Å². The van der Waals surface area contributed by atoms with Crippen molar-refractivity contribution in [2.45, 2.75) is 17.3 Å². The number of hydrogen-bond acceptors (Lipinski definition) is 5. The fourth-order valence-corrected chi connectivity index (χ4v) is 6.96. The molecule has 0 spiro atoms. The van der Waals surface area contributed by atoms with E-state index in [9.17, 15) is 13.2 Å². The van der Waals surface area contributed by atoms with Gasteiger partial charge in [0.05, 0.1) is 5.69 Å². The number of ether oxygens (including phenoxy) is 1. The number of anilines is 2. The van der Waals surface area contributed by atoms with Gasteiger partial charge in [0.15, 0.2) is 4.75 Å². The van der Waals surface area contributed by atoms with E-state index in [1.807, 2.05) is 11.8 Å². The van der Waals surface area contributed by atoms with E-state index in [-0.39, 0.29) is 12.0 Å². The topological polar surface area (TPSA) is 75.7 Å². The van der Waals surface area contributed by atoms with Crippen molar-refractivity contribution in [1.82, 2.24) is 0 Å². The maximum atomic E-state index is 13.2. The first-order valence-electron chi connectivity index (χ1n) is 9.34. The molecule has 152 valence electrons. The third-order valence-electron chi connectivity index (χ3n) is 5.71. The number of carbonyl (C=O) groups is 1. The lowest BCUT2D eigenvalue weighted by atomic mass is 10.2. The molecule has 3 fully saturated rings. The molecule has 2 saturated heterocycles. The van der Waals surface area contributed by atoms with Crippen LogP contribution in [0.3, 0.4) is 0 Å². The van der Waals surface area contributed by atoms with Gasteiger partial charge in [0.25, 0.3) is 0 Å². The summed E-state index contributed by atoms with van der Waals surface area (Å²) in [6.45, 7) is 0.309. The van der Waals surface area contributed by atoms with Crippen LogP contribution in [-0.2, 0) is 14.8 Å². The standard InChI is InChI=1S/C20H19ClN2O4S2/c21-14-1-5-16(6-2-14)23-10-13-9-20(13,29(23,25)26)19(24)22-15-3-7-17(8-4-15)27-18-11-28-12-18/h1-8,13,18H,9-12H2,(H,22,24)/t13-,20+/m1/s1. The van der Waals surface area contributed by atoms with Gasteiger partial charge in [-0.1, -0.05) is 11.6 Å². The lowest BCUT2D eigenvalue weighted by molar-refractivity contribution is -0.116. The molecular weight excluding hydrogens is 432 g/mol. The van der Waals surface area contributed by atoms with Crippen molar-refractivity contribution in [3.8, 4) is 5.75 Å². The molecule has 3 aliphatic rings. The zero-order chi connectivity index (χ0) is 20.2. The number of benzene rings is 2. The summed E-state index contributed by atoms with van der Waals surface area (Å²) in [5.41, 5.74) is 1.09. The number of thioether (sulfide) groups is 1. The van der Waals surface area contributed by atoms with Crippen LogP contribution in [0, 0.1) is 5.92 Å². The molecule has 2 heterocycles. The van der Waals surface area contributed by atoms with Gasteiger partial charge in [0, 0.05) is 34.7 Å². The van der Waals surface area contributed by atoms with Crippen LogP contribution in [-0.4, -0.2) is 43.2 Å². The van der Waals surface area contributed by atoms with Crippen LogP contribution in [0.15, 0.2) is 48.5 Å². The molecule has 9 heteroatoms. The smallest absolute Gasteiger partial charge is 0.250 e. The lowest BCUT2D eigenvalue weighted by Gasteiger charge is -2.26. The van der Waals surface area contributed by atoms with Crippen molar-refractivity contribution in [3.63, 3.8) is 0 Å². The summed E-state index contributed by atoms with van der Waals surface area (Å²) in [5, 5.41) is 3.32. The lowest BCUT2D eigenvalue weighted by Crippen LogP contribution is -2.42. The molecule has 2 aromatic rings. The Morgan fingerprint density at radius 3 is 2.45 bits per heavy atom. The van der Waals surface area contributed by atoms with Crippen molar-refractivity contribution in [2.24, 2.45) is 5.92 Å². The fraction of sp³-hybridized carbons (Fsp3) is 0.350. The molecule has 2 atom stereocenters. The van der Waals surface area contributed by atoms with Crippen LogP contribution in [0.5, 0.6) is 5.75 Å². The predicted molar refractivity (Wildman–Crippen MR) is 115 cm³/mol. The number of sulfonamides is 1. The number of fused-ring (bicyclic) bond motifs is 1. The Labute approximate surface area is 178 Å². The van der Waals surface area contributed by atoms with Crippen molar-refractivity contribution < 1.29 is 17.9 Å². The third-order valence-corrected chi connectivity index (χ3v) is 9.72. The Balaban J connectivity index is 1.31. The molecule has 2 aliphatic heterocycles. The van der Waals surface area contributed by atoms with Crippen LogP contribution in [0.25, 0.3) is 0 Å². The van der Waals surface area contributed by atoms with Crippen molar-refractivity contribution in [3.05, 3.63) is 53.6 Å². The summed E-state index contributed by atoms with van der Waals surface area (Å²) in [4.78, 5) is 13.0. The van der Waals surface area contributed by atoms with E-state index in [1.54, 1.807) is 48.5 Å². The Kier molecular flexibility index (Phi) is 4.49. The molecule has 29 heavy (non-hydrogen) atoms. The van der Waals surface area contributed by atoms with E-state index in [0.29, 0.717) is 29.4 Å². The molecule has 0 bridgehead atoms. The molecule has 0 aromatic heterocycles. The van der Waals surface area contributed by atoms with Crippen molar-refractivity contribution >= 4 is 50.7 Å². The largest absolute Gasteiger partial charge is 0.489 e. The Morgan fingerprint density at radius 1 is 1.14 bits per heavy atom. The number of hydrogen-bond donors (Lipinski definition) is 1. The molecule has 1 N–H and O–H groups in total. The van der Waals surface area contributed by atoms with E-state index in [1.165, 1.54) is 4.31 Å². The van der Waals surface area contributed by atoms with Crippen LogP contribution in [0.4, 0.5) is 11.4 Å². The molecule has 1 amide bonds. The van der Waals surface area contributed by atoms with Gasteiger partial charge < -0.3 is 10.1 Å². The first-order valence-corrected chi connectivity index (χ1v) is 12.3. The number of halogens is 1. The third kappa shape index (κ3) is 3.08. The van der Waals surface area contributed by atoms with Gasteiger partial charge in [-0.25, -0.2) is 8.42 Å². The second-order valence-electron chi connectivity index (χ2n) is 7.56. The highest BCUT2D eigenvalue weighted by molar-refractivity contribution is 8.00. The molecular formula is C20H19ClN2O4S2. The summed E-state index contributed by atoms with van der Waals surface area (Å²) in [5.74, 6) is 2.05. The second kappa shape index (κ2) is 6.82. The van der Waals surface area contributed by atoms with E-state index in [0.717, 1.165) is 17.3 Å². The van der Waals surface area contributed by atoms with E-state index in [2.05, 4.69) is 5.32 Å². The maximum absolute atomic E-state index is 13.2. The van der Waals surface area contributed by atoms with Gasteiger partial charge in [-0.3, -0.25) is 9.10 Å². The number of rotatable bonds is 5. The zero-order valence-corrected chi connectivity index (χ0v) is 17.8. The van der Waals surface area contributed by atoms with Gasteiger partial charge in [-0.15, -0.1) is 0 Å². The normalized spacial score (nSPS) is 27.1. The molecule has 0 radical (unpaired) electrons. The van der Waals surface area contributed by atoms with E-state index in [4.69, 9.17) is 16.3 Å². The van der Waals surface area contributed by atoms with Gasteiger partial charge in [-0.2, -0.15) is 11.8 Å². The average Bonchev–Trinajstić information content (AvgIpc) is 3.36. The van der Waals surface area contributed by atoms with Gasteiger partial charge in [0.2, 0.25) is 15.9 Å². The van der Waals surface area contributed by atoms with Crippen molar-refractivity contribution in [2.75, 3.05) is 27.7 Å². The van der Waals surface area contributed by atoms with Crippen LogP contribution < -0.4 is 14.4 Å². The minimum Gasteiger partial charge on any atom is -0.489 e. The second-order valence-corrected chi connectivity index (χ2v) is 11.2. The summed E-state index contributed by atoms with van der Waals surface area (Å²) >= 11 is 7.75. The number of carbonyl (C=O) groups excluding carboxylic acids is 1. The van der Waals surface area contributed by atoms with Crippen LogP contribution >= 0.6 is 23.4 Å². The minimum atomic E-state index is -3.81. The van der Waals surface area contributed by atoms with Crippen molar-refractivity contribution in [1.29, 1.82) is 0 Å². The zero-order valence-electron chi connectivity index (χ0n) is 15.4. The summed E-state index contributed by atoms with van der Waals surface area (Å²) in [6, 6.07) is 13.7. The Bertz CT molecular complexity index is 1050. The summed E-state index contributed by atoms with van der Waals surface area (Å²) in [7, 11) is -3.81. The monoisotopic (exact) mass is 450 g/mol. The summed E-state index contributed by atoms with van der Waals surface area (Å²) in [6.07, 6.45) is 0.597. The first kappa shape index (κ1) is 19.1. The van der Waals surface area contributed by atoms with Crippen LogP contribution in [0.1, 0.15) is 6.42 Å². The molecule has 0 unspecified atom stereocenters. The Hall–Kier alpha value is -1.90. The predicted octanol–water partition coefficient (Wildman–Crippen LogP) is 3.38. The molecule has 1 saturated carbocycles. The SMILES string of the molecule is O=C(Nc1ccc(OC2CSC2)cc1)[C@]12C[C@@H]1CN(c1ccc(Cl)cc1)S2(=O)=O. The highest BCUT2D eigenvalue weighted by Crippen LogP contribution is 2.58.